The second kappa shape index (κ2) is 8.04. The number of pyridine rings is 1. The van der Waals surface area contributed by atoms with Crippen molar-refractivity contribution < 1.29 is 13.1 Å². The number of nitrogens with zero attached hydrogens (tertiary/aromatic N) is 1. The summed E-state index contributed by atoms with van der Waals surface area (Å²) in [4.78, 5) is 0. The van der Waals surface area contributed by atoms with E-state index in [1.165, 1.54) is 27.7 Å². The Balaban J connectivity index is 1.42. The molecule has 1 aromatic heterocycles. The van der Waals surface area contributed by atoms with E-state index in [0.29, 0.717) is 0 Å². The zero-order valence-corrected chi connectivity index (χ0v) is 19.4. The molecule has 1 aliphatic heterocycles. The van der Waals surface area contributed by atoms with Gasteiger partial charge >= 0.3 is 15.6 Å². The summed E-state index contributed by atoms with van der Waals surface area (Å²) in [6, 6.07) is 29.7. The molecule has 2 heterocycles. The van der Waals surface area contributed by atoms with Gasteiger partial charge < -0.3 is 8.53 Å². The minimum absolute atomic E-state index is 0.227. The highest BCUT2D eigenvalue weighted by atomic mass is 27.1. The van der Waals surface area contributed by atoms with Gasteiger partial charge in [0.15, 0.2) is 21.9 Å². The lowest BCUT2D eigenvalue weighted by Gasteiger charge is -2.37. The summed E-state index contributed by atoms with van der Waals surface area (Å²) < 4.78 is 15.1. The molecule has 1 aliphatic rings. The Morgan fingerprint density at radius 1 is 0.903 bits per heavy atom. The van der Waals surface area contributed by atoms with E-state index in [9.17, 15) is 0 Å². The van der Waals surface area contributed by atoms with Crippen molar-refractivity contribution in [1.29, 1.82) is 0 Å². The maximum atomic E-state index is 6.66. The molecule has 0 saturated heterocycles. The summed E-state index contributed by atoms with van der Waals surface area (Å²) in [6.45, 7) is 6.62. The van der Waals surface area contributed by atoms with Crippen molar-refractivity contribution >= 4 is 26.5 Å². The van der Waals surface area contributed by atoms with Gasteiger partial charge in [-0.2, -0.15) is 4.57 Å². The number of aryl methyl sites for hydroxylation is 1. The van der Waals surface area contributed by atoms with Gasteiger partial charge in [0, 0.05) is 19.4 Å². The van der Waals surface area contributed by atoms with E-state index in [1.807, 2.05) is 6.07 Å². The van der Waals surface area contributed by atoms with Gasteiger partial charge in [-0.25, -0.2) is 0 Å². The summed E-state index contributed by atoms with van der Waals surface area (Å²) in [5.74, 6) is 1.84. The van der Waals surface area contributed by atoms with Crippen molar-refractivity contribution in [1.82, 2.24) is 0 Å². The van der Waals surface area contributed by atoms with Crippen LogP contribution in [0.4, 0.5) is 0 Å². The molecular formula is C27H26AlNO2+. The molecule has 0 N–H and O–H groups in total. The third-order valence-electron chi connectivity index (χ3n) is 6.24. The number of ether oxygens (including phenoxy) is 1. The quantitative estimate of drug-likeness (QED) is 0.296. The number of hydrogen-bond acceptors (Lipinski definition) is 2. The molecule has 0 aliphatic carbocycles. The third-order valence-corrected chi connectivity index (χ3v) is 7.60. The number of aromatic nitrogens is 1. The van der Waals surface area contributed by atoms with Gasteiger partial charge in [0.25, 0.3) is 5.52 Å². The molecule has 0 saturated carbocycles. The number of benzene rings is 3. The fraction of sp³-hybridized carbons (Fsp3) is 0.222. The van der Waals surface area contributed by atoms with Crippen LogP contribution in [-0.4, -0.2) is 20.0 Å². The molecule has 0 amide bonds. The average molecular weight is 423 g/mol. The number of rotatable bonds is 5. The smallest absolute Gasteiger partial charge is 0.588 e. The summed E-state index contributed by atoms with van der Waals surface area (Å²) in [5.41, 5.74) is 4.86. The second-order valence-corrected chi connectivity index (χ2v) is 9.99. The first-order valence-corrected chi connectivity index (χ1v) is 11.9. The second-order valence-electron chi connectivity index (χ2n) is 8.37. The molecule has 0 bridgehead atoms. The molecule has 4 heteroatoms. The highest BCUT2D eigenvalue weighted by Gasteiger charge is 2.51. The Kier molecular flexibility index (Phi) is 5.22. The van der Waals surface area contributed by atoms with Crippen molar-refractivity contribution in [3.8, 4) is 22.6 Å². The van der Waals surface area contributed by atoms with Crippen LogP contribution in [0, 0.1) is 6.92 Å². The Hall–Kier alpha value is -2.80. The van der Waals surface area contributed by atoms with E-state index in [0.717, 1.165) is 17.9 Å². The molecule has 2 atom stereocenters. The Bertz CT molecular complexity index is 1220. The molecule has 2 unspecified atom stereocenters. The summed E-state index contributed by atoms with van der Waals surface area (Å²) in [6.07, 6.45) is 0.985. The first-order chi connectivity index (χ1) is 15.1. The van der Waals surface area contributed by atoms with Crippen molar-refractivity contribution in [2.24, 2.45) is 0 Å². The molecule has 3 aromatic carbocycles. The Labute approximate surface area is 190 Å². The van der Waals surface area contributed by atoms with Crippen molar-refractivity contribution in [2.45, 2.75) is 37.7 Å². The molecule has 0 fully saturated rings. The predicted molar refractivity (Wildman–Crippen MR) is 126 cm³/mol. The van der Waals surface area contributed by atoms with Gasteiger partial charge in [0.05, 0.1) is 11.1 Å². The molecule has 3 nitrogen and oxygen atoms in total. The molecular weight excluding hydrogens is 397 g/mol. The van der Waals surface area contributed by atoms with Crippen LogP contribution >= 0.6 is 0 Å². The Morgan fingerprint density at radius 3 is 2.39 bits per heavy atom. The normalized spacial score (nSPS) is 19.6. The fourth-order valence-corrected chi connectivity index (χ4v) is 5.92. The lowest BCUT2D eigenvalue weighted by Crippen LogP contribution is -2.62. The summed E-state index contributed by atoms with van der Waals surface area (Å²) >= 11 is -0.441. The molecule has 31 heavy (non-hydrogen) atoms. The van der Waals surface area contributed by atoms with Gasteiger partial charge in [-0.3, -0.25) is 0 Å². The van der Waals surface area contributed by atoms with E-state index >= 15 is 0 Å². The van der Waals surface area contributed by atoms with Crippen LogP contribution in [0.2, 0.25) is 0 Å². The van der Waals surface area contributed by atoms with E-state index in [4.69, 9.17) is 8.53 Å². The van der Waals surface area contributed by atoms with Gasteiger partial charge in [-0.05, 0) is 48.4 Å². The summed E-state index contributed by atoms with van der Waals surface area (Å²) in [5, 5.41) is 1.22. The van der Waals surface area contributed by atoms with Crippen LogP contribution in [0.1, 0.15) is 32.0 Å². The SMILES string of the molecule is CCC1[n+]2c(C)ccc3cccc(c32)O[C]1(C)[Al][O]c1ccc(-c2ccccc2)cc1. The minimum Gasteiger partial charge on any atom is -0.646 e. The van der Waals surface area contributed by atoms with E-state index in [2.05, 4.69) is 104 Å². The fourth-order valence-electron chi connectivity index (χ4n) is 4.68. The van der Waals surface area contributed by atoms with E-state index < -0.39 is 15.6 Å². The molecule has 0 spiro atoms. The van der Waals surface area contributed by atoms with Crippen LogP contribution in [0.25, 0.3) is 22.0 Å². The van der Waals surface area contributed by atoms with Gasteiger partial charge in [-0.15, -0.1) is 0 Å². The number of hydrogen-bond donors (Lipinski definition) is 0. The first kappa shape index (κ1) is 20.1. The van der Waals surface area contributed by atoms with Gasteiger partial charge in [0.1, 0.15) is 0 Å². The van der Waals surface area contributed by atoms with Crippen molar-refractivity contribution in [3.05, 3.63) is 90.6 Å². The van der Waals surface area contributed by atoms with Crippen LogP contribution in [0.5, 0.6) is 11.5 Å². The highest BCUT2D eigenvalue weighted by Crippen LogP contribution is 2.37. The third kappa shape index (κ3) is 3.61. The lowest BCUT2D eigenvalue weighted by molar-refractivity contribution is -0.719. The van der Waals surface area contributed by atoms with E-state index in [1.54, 1.807) is 0 Å². The highest BCUT2D eigenvalue weighted by molar-refractivity contribution is 6.33. The Morgan fingerprint density at radius 2 is 1.65 bits per heavy atom. The monoisotopic (exact) mass is 423 g/mol. The van der Waals surface area contributed by atoms with Crippen LogP contribution in [0.3, 0.4) is 0 Å². The van der Waals surface area contributed by atoms with Crippen molar-refractivity contribution in [3.63, 3.8) is 0 Å². The number of para-hydroxylation sites is 1. The van der Waals surface area contributed by atoms with Gasteiger partial charge in [-0.1, -0.05) is 55.5 Å². The van der Waals surface area contributed by atoms with Gasteiger partial charge in [0.2, 0.25) is 0 Å². The first-order valence-electron chi connectivity index (χ1n) is 10.9. The standard InChI is InChI=1S/C15H17NO.C12H10O.Al/c1-4-13-11(3)17-14-7-5-6-12-9-8-10(2)16(13)15(12)14;13-12-8-6-11(7-9-12)10-4-2-1-3-5-10;/h5-9,13H,4H2,1-3H3;1-9,13H;/q+1;;+1/p-1. The maximum absolute atomic E-state index is 6.66. The zero-order valence-electron chi connectivity index (χ0n) is 18.2. The maximum Gasteiger partial charge on any atom is 0.588 e. The molecule has 4 aromatic rings. The van der Waals surface area contributed by atoms with E-state index in [-0.39, 0.29) is 10.5 Å². The predicted octanol–water partition coefficient (Wildman–Crippen LogP) is 5.86. The molecule has 5 rings (SSSR count). The zero-order chi connectivity index (χ0) is 21.4. The summed E-state index contributed by atoms with van der Waals surface area (Å²) in [7, 11) is 0. The van der Waals surface area contributed by atoms with Crippen LogP contribution < -0.4 is 13.1 Å². The topological polar surface area (TPSA) is 22.3 Å². The lowest BCUT2D eigenvalue weighted by atomic mass is 10.0. The van der Waals surface area contributed by atoms with Crippen molar-refractivity contribution in [2.75, 3.05) is 0 Å². The van der Waals surface area contributed by atoms with Crippen LogP contribution in [0.15, 0.2) is 84.9 Å². The average Bonchev–Trinajstić information content (AvgIpc) is 2.81. The van der Waals surface area contributed by atoms with Crippen LogP contribution in [-0.2, 0) is 0 Å². The molecule has 153 valence electrons. The molecule has 1 radical (unpaired) electrons. The minimum atomic E-state index is -0.441. The largest absolute Gasteiger partial charge is 0.646 e.